The Morgan fingerprint density at radius 2 is 1.94 bits per heavy atom. The van der Waals surface area contributed by atoms with Crippen LogP contribution in [0.15, 0.2) is 0 Å². The maximum absolute atomic E-state index is 12.0. The van der Waals surface area contributed by atoms with Crippen molar-refractivity contribution in [3.8, 4) is 0 Å². The minimum atomic E-state index is -0.397. The lowest BCUT2D eigenvalue weighted by molar-refractivity contribution is -0.157. The summed E-state index contributed by atoms with van der Waals surface area (Å²) in [6.07, 6.45) is 5.90. The van der Waals surface area contributed by atoms with Crippen molar-refractivity contribution in [1.82, 2.24) is 0 Å². The fourth-order valence-electron chi connectivity index (χ4n) is 2.24. The highest BCUT2D eigenvalue weighted by Gasteiger charge is 2.39. The number of hydrogen-bond acceptors (Lipinski definition) is 4. The summed E-state index contributed by atoms with van der Waals surface area (Å²) >= 11 is 0. The third-order valence-corrected chi connectivity index (χ3v) is 3.36. The first kappa shape index (κ1) is 13.5. The van der Waals surface area contributed by atoms with Gasteiger partial charge in [0.05, 0.1) is 12.0 Å². The SMILES string of the molecule is COCCCOC(=O)C1(CN)CCCCC1. The fraction of sp³-hybridized carbons (Fsp3) is 0.917. The van der Waals surface area contributed by atoms with E-state index in [1.54, 1.807) is 7.11 Å². The van der Waals surface area contributed by atoms with E-state index in [0.717, 1.165) is 32.1 Å². The van der Waals surface area contributed by atoms with Gasteiger partial charge in [-0.1, -0.05) is 19.3 Å². The highest BCUT2D eigenvalue weighted by molar-refractivity contribution is 5.77. The minimum Gasteiger partial charge on any atom is -0.465 e. The normalized spacial score (nSPS) is 19.4. The summed E-state index contributed by atoms with van der Waals surface area (Å²) in [5.41, 5.74) is 5.35. The van der Waals surface area contributed by atoms with Gasteiger partial charge in [0.15, 0.2) is 0 Å². The highest BCUT2D eigenvalue weighted by Crippen LogP contribution is 2.36. The van der Waals surface area contributed by atoms with Gasteiger partial charge in [-0.25, -0.2) is 0 Å². The molecule has 16 heavy (non-hydrogen) atoms. The van der Waals surface area contributed by atoms with Gasteiger partial charge in [0.1, 0.15) is 0 Å². The Morgan fingerprint density at radius 1 is 1.25 bits per heavy atom. The lowest BCUT2D eigenvalue weighted by atomic mass is 9.74. The number of methoxy groups -OCH3 is 1. The first-order chi connectivity index (χ1) is 7.75. The van der Waals surface area contributed by atoms with Gasteiger partial charge >= 0.3 is 5.97 Å². The van der Waals surface area contributed by atoms with Crippen LogP contribution in [-0.4, -0.2) is 32.8 Å². The molecular weight excluding hydrogens is 206 g/mol. The van der Waals surface area contributed by atoms with Gasteiger partial charge in [0.25, 0.3) is 0 Å². The summed E-state index contributed by atoms with van der Waals surface area (Å²) < 4.78 is 10.2. The van der Waals surface area contributed by atoms with Crippen molar-refractivity contribution in [1.29, 1.82) is 0 Å². The average Bonchev–Trinajstić information content (AvgIpc) is 2.35. The molecule has 0 spiro atoms. The van der Waals surface area contributed by atoms with Crippen LogP contribution >= 0.6 is 0 Å². The molecule has 0 amide bonds. The van der Waals surface area contributed by atoms with Crippen LogP contribution < -0.4 is 5.73 Å². The summed E-state index contributed by atoms with van der Waals surface area (Å²) in [6, 6.07) is 0. The summed E-state index contributed by atoms with van der Waals surface area (Å²) in [5, 5.41) is 0. The second-order valence-corrected chi connectivity index (χ2v) is 4.53. The van der Waals surface area contributed by atoms with Crippen molar-refractivity contribution in [3.05, 3.63) is 0 Å². The topological polar surface area (TPSA) is 61.5 Å². The Hall–Kier alpha value is -0.610. The number of esters is 1. The van der Waals surface area contributed by atoms with Crippen LogP contribution in [0.4, 0.5) is 0 Å². The molecule has 1 rings (SSSR count). The summed E-state index contributed by atoms with van der Waals surface area (Å²) in [4.78, 5) is 12.0. The Balaban J connectivity index is 2.36. The lowest BCUT2D eigenvalue weighted by Crippen LogP contribution is -2.41. The van der Waals surface area contributed by atoms with E-state index >= 15 is 0 Å². The first-order valence-corrected chi connectivity index (χ1v) is 6.11. The van der Waals surface area contributed by atoms with Crippen molar-refractivity contribution in [2.45, 2.75) is 38.5 Å². The number of carbonyl (C=O) groups is 1. The van der Waals surface area contributed by atoms with Crippen LogP contribution in [0.2, 0.25) is 0 Å². The molecule has 1 saturated carbocycles. The molecule has 0 bridgehead atoms. The quantitative estimate of drug-likeness (QED) is 0.553. The molecule has 2 N–H and O–H groups in total. The highest BCUT2D eigenvalue weighted by atomic mass is 16.5. The van der Waals surface area contributed by atoms with Gasteiger partial charge in [0, 0.05) is 26.7 Å². The van der Waals surface area contributed by atoms with E-state index in [9.17, 15) is 4.79 Å². The zero-order valence-corrected chi connectivity index (χ0v) is 10.2. The Kier molecular flexibility index (Phi) is 5.77. The predicted octanol–water partition coefficient (Wildman–Crippen LogP) is 1.48. The summed E-state index contributed by atoms with van der Waals surface area (Å²) in [7, 11) is 1.64. The van der Waals surface area contributed by atoms with Crippen molar-refractivity contribution >= 4 is 5.97 Å². The number of nitrogens with two attached hydrogens (primary N) is 1. The molecule has 0 saturated heterocycles. The predicted molar refractivity (Wildman–Crippen MR) is 62.0 cm³/mol. The lowest BCUT2D eigenvalue weighted by Gasteiger charge is -2.33. The maximum Gasteiger partial charge on any atom is 0.313 e. The molecule has 1 aliphatic rings. The van der Waals surface area contributed by atoms with Gasteiger partial charge in [-0.2, -0.15) is 0 Å². The van der Waals surface area contributed by atoms with E-state index in [4.69, 9.17) is 15.2 Å². The standard InChI is InChI=1S/C12H23NO3/c1-15-8-5-9-16-11(14)12(10-13)6-3-2-4-7-12/h2-10,13H2,1H3. The fourth-order valence-corrected chi connectivity index (χ4v) is 2.24. The molecule has 0 aromatic rings. The molecule has 0 aromatic carbocycles. The molecule has 0 radical (unpaired) electrons. The van der Waals surface area contributed by atoms with Gasteiger partial charge in [-0.3, -0.25) is 4.79 Å². The van der Waals surface area contributed by atoms with Crippen LogP contribution in [-0.2, 0) is 14.3 Å². The van der Waals surface area contributed by atoms with E-state index in [0.29, 0.717) is 19.8 Å². The molecule has 94 valence electrons. The second-order valence-electron chi connectivity index (χ2n) is 4.53. The monoisotopic (exact) mass is 229 g/mol. The Morgan fingerprint density at radius 3 is 2.50 bits per heavy atom. The number of ether oxygens (including phenoxy) is 2. The Bertz CT molecular complexity index is 212. The van der Waals surface area contributed by atoms with Crippen molar-refractivity contribution in [2.75, 3.05) is 26.9 Å². The third kappa shape index (κ3) is 3.46. The van der Waals surface area contributed by atoms with Crippen LogP contribution in [0.25, 0.3) is 0 Å². The largest absolute Gasteiger partial charge is 0.465 e. The van der Waals surface area contributed by atoms with E-state index < -0.39 is 5.41 Å². The third-order valence-electron chi connectivity index (χ3n) is 3.36. The smallest absolute Gasteiger partial charge is 0.313 e. The van der Waals surface area contributed by atoms with Crippen LogP contribution in [0.5, 0.6) is 0 Å². The zero-order chi connectivity index (χ0) is 11.9. The number of rotatable bonds is 6. The maximum atomic E-state index is 12.0. The molecule has 4 nitrogen and oxygen atoms in total. The van der Waals surface area contributed by atoms with Crippen LogP contribution in [0.1, 0.15) is 38.5 Å². The zero-order valence-electron chi connectivity index (χ0n) is 10.2. The van der Waals surface area contributed by atoms with E-state index in [1.165, 1.54) is 6.42 Å². The molecule has 0 aliphatic heterocycles. The molecule has 0 unspecified atom stereocenters. The van der Waals surface area contributed by atoms with Gasteiger partial charge in [-0.15, -0.1) is 0 Å². The molecule has 4 heteroatoms. The van der Waals surface area contributed by atoms with E-state index in [1.807, 2.05) is 0 Å². The first-order valence-electron chi connectivity index (χ1n) is 6.11. The number of hydrogen-bond donors (Lipinski definition) is 1. The molecule has 0 atom stereocenters. The summed E-state index contributed by atoms with van der Waals surface area (Å²) in [5.74, 6) is -0.106. The van der Waals surface area contributed by atoms with Gasteiger partial charge < -0.3 is 15.2 Å². The number of carbonyl (C=O) groups excluding carboxylic acids is 1. The Labute approximate surface area is 97.5 Å². The van der Waals surface area contributed by atoms with Crippen molar-refractivity contribution in [2.24, 2.45) is 11.1 Å². The van der Waals surface area contributed by atoms with Crippen molar-refractivity contribution < 1.29 is 14.3 Å². The molecule has 0 heterocycles. The van der Waals surface area contributed by atoms with Gasteiger partial charge in [0.2, 0.25) is 0 Å². The molecule has 1 fully saturated rings. The molecular formula is C12H23NO3. The molecule has 0 aromatic heterocycles. The van der Waals surface area contributed by atoms with E-state index in [2.05, 4.69) is 0 Å². The van der Waals surface area contributed by atoms with Crippen LogP contribution in [0.3, 0.4) is 0 Å². The van der Waals surface area contributed by atoms with Gasteiger partial charge in [-0.05, 0) is 12.8 Å². The average molecular weight is 229 g/mol. The molecule has 1 aliphatic carbocycles. The van der Waals surface area contributed by atoms with Crippen LogP contribution in [0, 0.1) is 5.41 Å². The summed E-state index contributed by atoms with van der Waals surface area (Å²) in [6.45, 7) is 1.48. The second kappa shape index (κ2) is 6.86. The minimum absolute atomic E-state index is 0.106. The van der Waals surface area contributed by atoms with Crippen molar-refractivity contribution in [3.63, 3.8) is 0 Å². The van der Waals surface area contributed by atoms with E-state index in [-0.39, 0.29) is 5.97 Å².